The van der Waals surface area contributed by atoms with Crippen molar-refractivity contribution in [2.24, 2.45) is 0 Å². The molecule has 0 amide bonds. The Hall–Kier alpha value is -1.21. The number of nitrogens with zero attached hydrogens (tertiary/aromatic N) is 3. The van der Waals surface area contributed by atoms with Gasteiger partial charge in [0.2, 0.25) is 0 Å². The van der Waals surface area contributed by atoms with E-state index < -0.39 is 13.2 Å². The topological polar surface area (TPSA) is 70.2 Å². The quantitative estimate of drug-likeness (QED) is 0.473. The van der Waals surface area contributed by atoms with Gasteiger partial charge >= 0.3 is 5.82 Å². The third-order valence-corrected chi connectivity index (χ3v) is 8.16. The van der Waals surface area contributed by atoms with Gasteiger partial charge in [-0.25, -0.2) is 0 Å². The Bertz CT molecular complexity index is 451. The first-order valence-corrected chi connectivity index (χ1v) is 9.29. The van der Waals surface area contributed by atoms with E-state index in [1.807, 2.05) is 6.92 Å². The van der Waals surface area contributed by atoms with Crippen molar-refractivity contribution in [1.82, 2.24) is 9.78 Å². The number of rotatable bonds is 5. The second-order valence-corrected chi connectivity index (χ2v) is 11.1. The minimum Gasteiger partial charge on any atom is -0.412 e. The summed E-state index contributed by atoms with van der Waals surface area (Å²) in [5.74, 6) is -0.125. The molecule has 0 fully saturated rings. The molecule has 108 valence electrons. The second-order valence-electron chi connectivity index (χ2n) is 6.34. The summed E-state index contributed by atoms with van der Waals surface area (Å²) >= 11 is 0. The van der Waals surface area contributed by atoms with E-state index in [9.17, 15) is 10.1 Å². The van der Waals surface area contributed by atoms with Crippen LogP contribution in [0.5, 0.6) is 0 Å². The van der Waals surface area contributed by atoms with Crippen molar-refractivity contribution in [3.63, 3.8) is 0 Å². The zero-order valence-corrected chi connectivity index (χ0v) is 13.5. The van der Waals surface area contributed by atoms with E-state index in [2.05, 4.69) is 39.0 Å². The van der Waals surface area contributed by atoms with Gasteiger partial charge in [-0.15, -0.1) is 0 Å². The summed E-state index contributed by atoms with van der Waals surface area (Å²) in [6.45, 7) is 13.4. The van der Waals surface area contributed by atoms with E-state index in [-0.39, 0.29) is 17.0 Å². The average molecular weight is 285 g/mol. The van der Waals surface area contributed by atoms with E-state index in [1.54, 1.807) is 10.9 Å². The summed E-state index contributed by atoms with van der Waals surface area (Å²) in [4.78, 5) is 10.1. The third kappa shape index (κ3) is 4.14. The van der Waals surface area contributed by atoms with Gasteiger partial charge in [-0.05, 0) is 30.0 Å². The van der Waals surface area contributed by atoms with Crippen LogP contribution in [-0.4, -0.2) is 29.1 Å². The summed E-state index contributed by atoms with van der Waals surface area (Å²) in [5, 5.41) is 14.6. The van der Waals surface area contributed by atoms with Gasteiger partial charge in [0.05, 0.1) is 30.0 Å². The number of nitro groups is 1. The first kappa shape index (κ1) is 15.8. The Morgan fingerprint density at radius 3 is 2.53 bits per heavy atom. The Morgan fingerprint density at radius 2 is 2.11 bits per heavy atom. The molecule has 1 aromatic rings. The molecule has 7 heteroatoms. The molecule has 19 heavy (non-hydrogen) atoms. The van der Waals surface area contributed by atoms with Crippen LogP contribution in [0.3, 0.4) is 0 Å². The lowest BCUT2D eigenvalue weighted by Crippen LogP contribution is -2.44. The predicted octanol–water partition coefficient (Wildman–Crippen LogP) is 3.20. The first-order chi connectivity index (χ1) is 8.53. The molecule has 0 saturated carbocycles. The van der Waals surface area contributed by atoms with E-state index in [0.717, 1.165) is 0 Å². The molecule has 1 rings (SSSR count). The maximum absolute atomic E-state index is 10.6. The largest absolute Gasteiger partial charge is 0.412 e. The summed E-state index contributed by atoms with van der Waals surface area (Å²) in [6.07, 6.45) is 1.60. The Kier molecular flexibility index (Phi) is 4.52. The van der Waals surface area contributed by atoms with Gasteiger partial charge in [0, 0.05) is 0 Å². The number of hydrogen-bond acceptors (Lipinski definition) is 4. The van der Waals surface area contributed by atoms with Crippen molar-refractivity contribution in [2.45, 2.75) is 58.5 Å². The van der Waals surface area contributed by atoms with E-state index in [0.29, 0.717) is 6.54 Å². The molecule has 0 aliphatic carbocycles. The molecule has 0 aliphatic rings. The highest BCUT2D eigenvalue weighted by Crippen LogP contribution is 2.37. The maximum Gasteiger partial charge on any atom is 0.389 e. The van der Waals surface area contributed by atoms with Gasteiger partial charge in [0.1, 0.15) is 0 Å². The lowest BCUT2D eigenvalue weighted by molar-refractivity contribution is -0.389. The molecule has 0 aliphatic heterocycles. The van der Waals surface area contributed by atoms with Crippen LogP contribution >= 0.6 is 0 Å². The van der Waals surface area contributed by atoms with Crippen molar-refractivity contribution >= 4 is 14.1 Å². The molecule has 0 aromatic carbocycles. The fraction of sp³-hybridized carbons (Fsp3) is 0.750. The van der Waals surface area contributed by atoms with Crippen molar-refractivity contribution in [3.8, 4) is 0 Å². The van der Waals surface area contributed by atoms with Crippen LogP contribution in [0.1, 0.15) is 27.7 Å². The fourth-order valence-electron chi connectivity index (χ4n) is 1.53. The van der Waals surface area contributed by atoms with Crippen LogP contribution in [0.15, 0.2) is 12.3 Å². The smallest absolute Gasteiger partial charge is 0.389 e. The summed E-state index contributed by atoms with van der Waals surface area (Å²) in [6, 6.07) is 1.40. The van der Waals surface area contributed by atoms with Crippen LogP contribution in [0.2, 0.25) is 18.1 Å². The molecular weight excluding hydrogens is 262 g/mol. The van der Waals surface area contributed by atoms with Gasteiger partial charge in [0.25, 0.3) is 0 Å². The van der Waals surface area contributed by atoms with Crippen LogP contribution < -0.4 is 0 Å². The van der Waals surface area contributed by atoms with E-state index in [4.69, 9.17) is 4.43 Å². The van der Waals surface area contributed by atoms with E-state index >= 15 is 0 Å². The van der Waals surface area contributed by atoms with Crippen molar-refractivity contribution < 1.29 is 9.35 Å². The zero-order valence-electron chi connectivity index (χ0n) is 12.5. The number of hydrogen-bond donors (Lipinski definition) is 0. The molecule has 0 spiro atoms. The normalized spacial score (nSPS) is 14.4. The molecule has 0 N–H and O–H groups in total. The standard InChI is InChI=1S/C12H23N3O3Si/c1-10(18-19(5,6)12(2,3)4)9-14-8-7-11(13-14)15(16)17/h7-8,10H,9H2,1-6H3. The average Bonchev–Trinajstić information content (AvgIpc) is 2.63. The molecular formula is C12H23N3O3Si. The van der Waals surface area contributed by atoms with Gasteiger partial charge in [-0.1, -0.05) is 20.8 Å². The van der Waals surface area contributed by atoms with Crippen LogP contribution in [-0.2, 0) is 11.0 Å². The second kappa shape index (κ2) is 5.42. The van der Waals surface area contributed by atoms with Crippen LogP contribution in [0.4, 0.5) is 5.82 Å². The SMILES string of the molecule is CC(Cn1ccc([N+](=O)[O-])n1)O[Si](C)(C)C(C)(C)C. The van der Waals surface area contributed by atoms with Gasteiger partial charge < -0.3 is 14.5 Å². The lowest BCUT2D eigenvalue weighted by Gasteiger charge is -2.38. The molecule has 0 bridgehead atoms. The summed E-state index contributed by atoms with van der Waals surface area (Å²) in [5.41, 5.74) is 0. The minimum absolute atomic E-state index is 0.0135. The molecule has 0 saturated heterocycles. The minimum atomic E-state index is -1.81. The fourth-order valence-corrected chi connectivity index (χ4v) is 2.96. The first-order valence-electron chi connectivity index (χ1n) is 6.38. The highest BCUT2D eigenvalue weighted by Gasteiger charge is 2.38. The van der Waals surface area contributed by atoms with Crippen LogP contribution in [0, 0.1) is 10.1 Å². The molecule has 1 atom stereocenters. The van der Waals surface area contributed by atoms with Crippen molar-refractivity contribution in [1.29, 1.82) is 0 Å². The van der Waals surface area contributed by atoms with Crippen molar-refractivity contribution in [2.75, 3.05) is 0 Å². The zero-order chi connectivity index (χ0) is 14.8. The van der Waals surface area contributed by atoms with Gasteiger partial charge in [0.15, 0.2) is 8.32 Å². The van der Waals surface area contributed by atoms with Gasteiger partial charge in [-0.3, -0.25) is 0 Å². The molecule has 6 nitrogen and oxygen atoms in total. The van der Waals surface area contributed by atoms with Crippen LogP contribution in [0.25, 0.3) is 0 Å². The third-order valence-electron chi connectivity index (χ3n) is 3.56. The Morgan fingerprint density at radius 1 is 1.53 bits per heavy atom. The monoisotopic (exact) mass is 285 g/mol. The van der Waals surface area contributed by atoms with Gasteiger partial charge in [-0.2, -0.15) is 4.68 Å². The maximum atomic E-state index is 10.6. The predicted molar refractivity (Wildman–Crippen MR) is 76.6 cm³/mol. The van der Waals surface area contributed by atoms with E-state index in [1.165, 1.54) is 6.07 Å². The molecule has 1 aromatic heterocycles. The Balaban J connectivity index is 2.65. The Labute approximate surface area is 115 Å². The highest BCUT2D eigenvalue weighted by molar-refractivity contribution is 6.74. The number of aromatic nitrogens is 2. The highest BCUT2D eigenvalue weighted by atomic mass is 28.4. The van der Waals surface area contributed by atoms with Crippen molar-refractivity contribution in [3.05, 3.63) is 22.4 Å². The summed E-state index contributed by atoms with van der Waals surface area (Å²) < 4.78 is 7.75. The summed E-state index contributed by atoms with van der Waals surface area (Å²) in [7, 11) is -1.81. The molecule has 0 radical (unpaired) electrons. The molecule has 1 heterocycles. The molecule has 1 unspecified atom stereocenters. The lowest BCUT2D eigenvalue weighted by atomic mass is 10.2.